The molecule has 3 heterocycles. The van der Waals surface area contributed by atoms with Gasteiger partial charge in [-0.1, -0.05) is 0 Å². The van der Waals surface area contributed by atoms with E-state index in [9.17, 15) is 14.4 Å². The first-order chi connectivity index (χ1) is 14.5. The molecular weight excluding hydrogens is 406 g/mol. The van der Waals surface area contributed by atoms with Crippen LogP contribution in [-0.4, -0.2) is 47.1 Å². The van der Waals surface area contributed by atoms with E-state index in [-0.39, 0.29) is 11.4 Å². The van der Waals surface area contributed by atoms with Gasteiger partial charge in [-0.2, -0.15) is 0 Å². The van der Waals surface area contributed by atoms with Crippen molar-refractivity contribution in [2.45, 2.75) is 6.42 Å². The van der Waals surface area contributed by atoms with Gasteiger partial charge in [-0.05, 0) is 48.0 Å². The number of ether oxygens (including phenoxy) is 1. The van der Waals surface area contributed by atoms with E-state index >= 15 is 0 Å². The number of thioether (sulfide) groups is 1. The fraction of sp³-hybridized carbons (Fsp3) is 0.190. The Bertz CT molecular complexity index is 1130. The number of hydrogen-bond donors (Lipinski definition) is 2. The second-order valence-corrected chi connectivity index (χ2v) is 7.60. The SMILES string of the molecule is COc1ccc2c(CCNC(=O)CN3C(=O)S/C(=C\c4ccco4)C3=O)c[nH]c2c1. The number of nitrogens with one attached hydrogen (secondary N) is 2. The van der Waals surface area contributed by atoms with Crippen molar-refractivity contribution in [3.8, 4) is 5.75 Å². The second-order valence-electron chi connectivity index (χ2n) is 6.61. The molecule has 0 aliphatic carbocycles. The molecule has 0 saturated carbocycles. The van der Waals surface area contributed by atoms with Crippen LogP contribution in [-0.2, 0) is 16.0 Å². The van der Waals surface area contributed by atoms with Gasteiger partial charge in [-0.15, -0.1) is 0 Å². The predicted octanol–water partition coefficient (Wildman–Crippen LogP) is 3.16. The van der Waals surface area contributed by atoms with Crippen LogP contribution in [0, 0.1) is 0 Å². The number of aromatic amines is 1. The summed E-state index contributed by atoms with van der Waals surface area (Å²) >= 11 is 0.792. The van der Waals surface area contributed by atoms with Gasteiger partial charge >= 0.3 is 0 Å². The fourth-order valence-corrected chi connectivity index (χ4v) is 3.99. The Morgan fingerprint density at radius 1 is 1.33 bits per heavy atom. The average molecular weight is 425 g/mol. The Morgan fingerprint density at radius 2 is 2.20 bits per heavy atom. The minimum absolute atomic E-state index is 0.233. The molecule has 2 N–H and O–H groups in total. The third-order valence-corrected chi connectivity index (χ3v) is 5.59. The van der Waals surface area contributed by atoms with E-state index in [1.54, 1.807) is 19.2 Å². The molecule has 1 aliphatic rings. The van der Waals surface area contributed by atoms with Gasteiger partial charge in [0.2, 0.25) is 5.91 Å². The van der Waals surface area contributed by atoms with Crippen LogP contribution in [0.25, 0.3) is 17.0 Å². The molecule has 1 aliphatic heterocycles. The number of nitrogens with zero attached hydrogens (tertiary/aromatic N) is 1. The Morgan fingerprint density at radius 3 is 2.97 bits per heavy atom. The standard InChI is InChI=1S/C21H19N3O5S/c1-28-14-4-5-16-13(11-23-17(16)9-14)6-7-22-19(25)12-24-20(26)18(30-21(24)27)10-15-3-2-8-29-15/h2-5,8-11,23H,6-7,12H2,1H3,(H,22,25)/b18-10-. The van der Waals surface area contributed by atoms with Crippen LogP contribution in [0.5, 0.6) is 5.75 Å². The minimum Gasteiger partial charge on any atom is -0.497 e. The molecule has 0 spiro atoms. The molecule has 1 fully saturated rings. The number of carbonyl (C=O) groups excluding carboxylic acids is 3. The number of aromatic nitrogens is 1. The number of amides is 3. The minimum atomic E-state index is -0.498. The summed E-state index contributed by atoms with van der Waals surface area (Å²) in [7, 11) is 1.62. The molecule has 2 aromatic heterocycles. The predicted molar refractivity (Wildman–Crippen MR) is 113 cm³/mol. The first-order valence-corrected chi connectivity index (χ1v) is 10.1. The van der Waals surface area contributed by atoms with Crippen LogP contribution in [0.15, 0.2) is 52.1 Å². The highest BCUT2D eigenvalue weighted by molar-refractivity contribution is 8.18. The van der Waals surface area contributed by atoms with Gasteiger partial charge in [0.25, 0.3) is 11.1 Å². The summed E-state index contributed by atoms with van der Waals surface area (Å²) in [6.45, 7) is 0.0709. The number of benzene rings is 1. The fourth-order valence-electron chi connectivity index (χ4n) is 3.17. The van der Waals surface area contributed by atoms with Crippen LogP contribution in [0.3, 0.4) is 0 Å². The van der Waals surface area contributed by atoms with Crippen LogP contribution in [0.2, 0.25) is 0 Å². The van der Waals surface area contributed by atoms with E-state index in [0.29, 0.717) is 18.7 Å². The summed E-state index contributed by atoms with van der Waals surface area (Å²) in [5.74, 6) is 0.351. The lowest BCUT2D eigenvalue weighted by Gasteiger charge is -2.12. The van der Waals surface area contributed by atoms with Crippen LogP contribution >= 0.6 is 11.8 Å². The smallest absolute Gasteiger partial charge is 0.294 e. The van der Waals surface area contributed by atoms with Gasteiger partial charge in [-0.3, -0.25) is 19.3 Å². The van der Waals surface area contributed by atoms with E-state index in [1.165, 1.54) is 12.3 Å². The zero-order chi connectivity index (χ0) is 21.1. The molecule has 8 nitrogen and oxygen atoms in total. The van der Waals surface area contributed by atoms with Crippen LogP contribution < -0.4 is 10.1 Å². The summed E-state index contributed by atoms with van der Waals surface area (Å²) in [4.78, 5) is 41.2. The molecule has 4 rings (SSSR count). The monoisotopic (exact) mass is 425 g/mol. The van der Waals surface area contributed by atoms with Crippen LogP contribution in [0.4, 0.5) is 4.79 Å². The van der Waals surface area contributed by atoms with E-state index in [0.717, 1.165) is 38.9 Å². The quantitative estimate of drug-likeness (QED) is 0.564. The lowest BCUT2D eigenvalue weighted by molar-refractivity contribution is -0.129. The number of fused-ring (bicyclic) bond motifs is 1. The largest absolute Gasteiger partial charge is 0.497 e. The van der Waals surface area contributed by atoms with Crippen molar-refractivity contribution in [1.82, 2.24) is 15.2 Å². The highest BCUT2D eigenvalue weighted by Crippen LogP contribution is 2.32. The topological polar surface area (TPSA) is 105 Å². The normalized spacial score (nSPS) is 15.4. The zero-order valence-electron chi connectivity index (χ0n) is 16.1. The summed E-state index contributed by atoms with van der Waals surface area (Å²) in [6.07, 6.45) is 5.48. The maximum atomic E-state index is 12.4. The third-order valence-electron chi connectivity index (χ3n) is 4.68. The van der Waals surface area contributed by atoms with Crippen molar-refractivity contribution in [2.75, 3.05) is 20.2 Å². The third kappa shape index (κ3) is 4.11. The van der Waals surface area contributed by atoms with E-state index in [4.69, 9.17) is 9.15 Å². The molecule has 1 aromatic carbocycles. The number of rotatable bonds is 7. The molecule has 0 bridgehead atoms. The number of H-pyrrole nitrogens is 1. The van der Waals surface area contributed by atoms with Crippen molar-refractivity contribution >= 4 is 45.8 Å². The van der Waals surface area contributed by atoms with Crippen LogP contribution in [0.1, 0.15) is 11.3 Å². The summed E-state index contributed by atoms with van der Waals surface area (Å²) in [5, 5.41) is 3.35. The molecule has 3 amide bonds. The molecule has 3 aromatic rings. The van der Waals surface area contributed by atoms with Gasteiger partial charge in [0.05, 0.1) is 18.3 Å². The Labute approximate surface area is 176 Å². The zero-order valence-corrected chi connectivity index (χ0v) is 17.0. The summed E-state index contributed by atoms with van der Waals surface area (Å²) < 4.78 is 10.4. The highest BCUT2D eigenvalue weighted by atomic mass is 32.2. The maximum absolute atomic E-state index is 12.4. The Hall–Kier alpha value is -3.46. The molecule has 30 heavy (non-hydrogen) atoms. The Balaban J connectivity index is 1.32. The lowest BCUT2D eigenvalue weighted by atomic mass is 10.1. The van der Waals surface area contributed by atoms with Crippen molar-refractivity contribution in [3.63, 3.8) is 0 Å². The lowest BCUT2D eigenvalue weighted by Crippen LogP contribution is -2.40. The number of carbonyl (C=O) groups is 3. The maximum Gasteiger partial charge on any atom is 0.294 e. The second kappa shape index (κ2) is 8.50. The summed E-state index contributed by atoms with van der Waals surface area (Å²) in [5.41, 5.74) is 2.01. The molecular formula is C21H19N3O5S. The van der Waals surface area contributed by atoms with Gasteiger partial charge < -0.3 is 19.5 Å². The highest BCUT2D eigenvalue weighted by Gasteiger charge is 2.36. The molecule has 0 atom stereocenters. The molecule has 9 heteroatoms. The van der Waals surface area contributed by atoms with Crippen molar-refractivity contribution in [2.24, 2.45) is 0 Å². The number of methoxy groups -OCH3 is 1. The Kier molecular flexibility index (Phi) is 5.62. The summed E-state index contributed by atoms with van der Waals surface area (Å²) in [6, 6.07) is 9.13. The first-order valence-electron chi connectivity index (χ1n) is 9.24. The van der Waals surface area contributed by atoms with E-state index in [2.05, 4.69) is 10.3 Å². The average Bonchev–Trinajstić information content (AvgIpc) is 3.45. The van der Waals surface area contributed by atoms with Crippen molar-refractivity contribution in [1.29, 1.82) is 0 Å². The first kappa shape index (κ1) is 19.8. The van der Waals surface area contributed by atoms with Gasteiger partial charge in [-0.25, -0.2) is 0 Å². The molecule has 1 saturated heterocycles. The number of hydrogen-bond acceptors (Lipinski definition) is 6. The van der Waals surface area contributed by atoms with Crippen molar-refractivity contribution in [3.05, 3.63) is 59.0 Å². The molecule has 0 unspecified atom stereocenters. The van der Waals surface area contributed by atoms with Gasteiger partial charge in [0.15, 0.2) is 0 Å². The molecule has 154 valence electrons. The van der Waals surface area contributed by atoms with E-state index in [1.807, 2.05) is 24.4 Å². The van der Waals surface area contributed by atoms with E-state index < -0.39 is 17.1 Å². The van der Waals surface area contributed by atoms with Crippen molar-refractivity contribution < 1.29 is 23.5 Å². The van der Waals surface area contributed by atoms with Gasteiger partial charge in [0.1, 0.15) is 18.1 Å². The van der Waals surface area contributed by atoms with Gasteiger partial charge in [0, 0.05) is 35.8 Å². The number of furan rings is 1. The molecule has 0 radical (unpaired) electrons. The number of imide groups is 1.